The first kappa shape index (κ1) is 69.6. The third-order valence-corrected chi connectivity index (χ3v) is 13.4. The van der Waals surface area contributed by atoms with Crippen LogP contribution in [0.1, 0.15) is 303 Å². The molecule has 73 heavy (non-hydrogen) atoms. The van der Waals surface area contributed by atoms with Crippen LogP contribution >= 0.6 is 0 Å². The van der Waals surface area contributed by atoms with Gasteiger partial charge in [0, 0.05) is 19.3 Å². The molecule has 0 heterocycles. The summed E-state index contributed by atoms with van der Waals surface area (Å²) in [6, 6.07) is 0. The van der Waals surface area contributed by atoms with Gasteiger partial charge in [-0.3, -0.25) is 14.4 Å². The standard InChI is InChI=1S/C67H116O6/c1-4-7-10-13-16-19-22-25-28-31-33-36-38-41-44-47-50-53-56-59-65(68)71-62-64(73-67(70)61-58-55-52-49-46-43-40-35-30-27-24-21-18-15-12-9-6-3)63-72-66(69)60-57-54-51-48-45-42-39-37-34-32-29-26-23-20-17-14-11-8-5-2/h7,10,16-17,19-20,25-26,28-29,33,36,41,44,64H,4-6,8-9,11-15,18,21-24,27,30-32,34-35,37-40,42-43,45-63H2,1-3H3/b10-7-,19-16-,20-17-,28-25-,29-26-,36-33-,44-41-/t64-/m1/s1. The molecule has 0 saturated carbocycles. The maximum absolute atomic E-state index is 12.9. The van der Waals surface area contributed by atoms with Crippen molar-refractivity contribution in [3.8, 4) is 0 Å². The number of ether oxygens (including phenoxy) is 3. The summed E-state index contributed by atoms with van der Waals surface area (Å²) in [6.07, 6.45) is 80.0. The van der Waals surface area contributed by atoms with E-state index in [-0.39, 0.29) is 31.1 Å². The first-order chi connectivity index (χ1) is 36.0. The smallest absolute Gasteiger partial charge is 0.306 e. The monoisotopic (exact) mass is 1020 g/mol. The van der Waals surface area contributed by atoms with Crippen molar-refractivity contribution < 1.29 is 28.6 Å². The molecule has 0 aromatic heterocycles. The molecule has 420 valence electrons. The van der Waals surface area contributed by atoms with Crippen LogP contribution < -0.4 is 0 Å². The second kappa shape index (κ2) is 61.1. The molecule has 0 saturated heterocycles. The van der Waals surface area contributed by atoms with Crippen molar-refractivity contribution in [2.45, 2.75) is 309 Å². The van der Waals surface area contributed by atoms with Crippen molar-refractivity contribution in [2.24, 2.45) is 0 Å². The largest absolute Gasteiger partial charge is 0.462 e. The molecular weight excluding hydrogens is 901 g/mol. The molecule has 1 atom stereocenters. The molecule has 0 aliphatic heterocycles. The van der Waals surface area contributed by atoms with Gasteiger partial charge in [0.05, 0.1) is 0 Å². The normalized spacial score (nSPS) is 12.6. The van der Waals surface area contributed by atoms with E-state index in [9.17, 15) is 14.4 Å². The van der Waals surface area contributed by atoms with Gasteiger partial charge in [-0.05, 0) is 96.3 Å². The fourth-order valence-corrected chi connectivity index (χ4v) is 8.74. The molecule has 0 fully saturated rings. The molecular formula is C67H116O6. The number of allylic oxidation sites excluding steroid dienone is 14. The fourth-order valence-electron chi connectivity index (χ4n) is 8.74. The third-order valence-electron chi connectivity index (χ3n) is 13.4. The summed E-state index contributed by atoms with van der Waals surface area (Å²) in [7, 11) is 0. The lowest BCUT2D eigenvalue weighted by Gasteiger charge is -2.18. The van der Waals surface area contributed by atoms with E-state index < -0.39 is 6.10 Å². The molecule has 0 radical (unpaired) electrons. The Morgan fingerprint density at radius 2 is 0.534 bits per heavy atom. The Hall–Kier alpha value is -3.41. The van der Waals surface area contributed by atoms with Gasteiger partial charge in [0.1, 0.15) is 13.2 Å². The first-order valence-corrected chi connectivity index (χ1v) is 31.1. The van der Waals surface area contributed by atoms with E-state index in [1.807, 2.05) is 0 Å². The van der Waals surface area contributed by atoms with E-state index in [0.717, 1.165) is 103 Å². The van der Waals surface area contributed by atoms with Crippen LogP contribution in [-0.4, -0.2) is 37.2 Å². The average Bonchev–Trinajstić information content (AvgIpc) is 3.39. The first-order valence-electron chi connectivity index (χ1n) is 31.1. The van der Waals surface area contributed by atoms with Gasteiger partial charge in [0.25, 0.3) is 0 Å². The molecule has 0 rings (SSSR count). The number of hydrogen-bond donors (Lipinski definition) is 0. The molecule has 6 nitrogen and oxygen atoms in total. The number of rotatable bonds is 56. The van der Waals surface area contributed by atoms with Crippen molar-refractivity contribution in [3.05, 3.63) is 85.1 Å². The van der Waals surface area contributed by atoms with Gasteiger partial charge >= 0.3 is 17.9 Å². The predicted molar refractivity (Wildman–Crippen MR) is 316 cm³/mol. The molecule has 0 aromatic carbocycles. The number of carbonyl (C=O) groups is 3. The van der Waals surface area contributed by atoms with Crippen LogP contribution in [0, 0.1) is 0 Å². The van der Waals surface area contributed by atoms with Gasteiger partial charge in [-0.1, -0.05) is 273 Å². The zero-order valence-electron chi connectivity index (χ0n) is 48.1. The summed E-state index contributed by atoms with van der Waals surface area (Å²) in [5.41, 5.74) is 0. The second-order valence-corrected chi connectivity index (χ2v) is 20.6. The van der Waals surface area contributed by atoms with Crippen LogP contribution in [0.3, 0.4) is 0 Å². The maximum atomic E-state index is 12.9. The summed E-state index contributed by atoms with van der Waals surface area (Å²) < 4.78 is 16.9. The van der Waals surface area contributed by atoms with E-state index in [2.05, 4.69) is 106 Å². The molecule has 0 N–H and O–H groups in total. The van der Waals surface area contributed by atoms with Crippen LogP contribution in [0.2, 0.25) is 0 Å². The maximum Gasteiger partial charge on any atom is 0.306 e. The number of hydrogen-bond acceptors (Lipinski definition) is 6. The quantitative estimate of drug-likeness (QED) is 0.0261. The van der Waals surface area contributed by atoms with Crippen LogP contribution in [0.15, 0.2) is 85.1 Å². The van der Waals surface area contributed by atoms with Crippen molar-refractivity contribution in [1.82, 2.24) is 0 Å². The minimum Gasteiger partial charge on any atom is -0.462 e. The van der Waals surface area contributed by atoms with Crippen molar-refractivity contribution in [3.63, 3.8) is 0 Å². The lowest BCUT2D eigenvalue weighted by Crippen LogP contribution is -2.30. The third kappa shape index (κ3) is 59.3. The highest BCUT2D eigenvalue weighted by Crippen LogP contribution is 2.16. The number of esters is 3. The Balaban J connectivity index is 4.43. The molecule has 0 bridgehead atoms. The highest BCUT2D eigenvalue weighted by molar-refractivity contribution is 5.71. The fraction of sp³-hybridized carbons (Fsp3) is 0.746. The van der Waals surface area contributed by atoms with Crippen LogP contribution in [0.25, 0.3) is 0 Å². The molecule has 0 amide bonds. The van der Waals surface area contributed by atoms with Gasteiger partial charge in [-0.2, -0.15) is 0 Å². The highest BCUT2D eigenvalue weighted by atomic mass is 16.6. The summed E-state index contributed by atoms with van der Waals surface area (Å²) in [5.74, 6) is -0.911. The zero-order chi connectivity index (χ0) is 52.9. The topological polar surface area (TPSA) is 78.9 Å². The lowest BCUT2D eigenvalue weighted by molar-refractivity contribution is -0.167. The number of carbonyl (C=O) groups excluding carboxylic acids is 3. The average molecular weight is 1020 g/mol. The predicted octanol–water partition coefficient (Wildman–Crippen LogP) is 21.1. The lowest BCUT2D eigenvalue weighted by atomic mass is 10.0. The summed E-state index contributed by atoms with van der Waals surface area (Å²) in [4.78, 5) is 38.3. The van der Waals surface area contributed by atoms with E-state index in [1.54, 1.807) is 0 Å². The minimum absolute atomic E-state index is 0.0872. The zero-order valence-corrected chi connectivity index (χ0v) is 48.1. The molecule has 0 aliphatic carbocycles. The van der Waals surface area contributed by atoms with Crippen molar-refractivity contribution in [2.75, 3.05) is 13.2 Å². The van der Waals surface area contributed by atoms with Crippen molar-refractivity contribution >= 4 is 17.9 Å². The highest BCUT2D eigenvalue weighted by Gasteiger charge is 2.19. The summed E-state index contributed by atoms with van der Waals surface area (Å²) in [6.45, 7) is 6.51. The van der Waals surface area contributed by atoms with Crippen LogP contribution in [-0.2, 0) is 28.6 Å². The Morgan fingerprint density at radius 3 is 0.877 bits per heavy atom. The van der Waals surface area contributed by atoms with E-state index in [0.29, 0.717) is 19.3 Å². The van der Waals surface area contributed by atoms with Gasteiger partial charge in [0.2, 0.25) is 0 Å². The molecule has 0 spiro atoms. The molecule has 0 aromatic rings. The van der Waals surface area contributed by atoms with E-state index in [4.69, 9.17) is 14.2 Å². The number of unbranched alkanes of at least 4 members (excludes halogenated alkanes) is 31. The summed E-state index contributed by atoms with van der Waals surface area (Å²) >= 11 is 0. The van der Waals surface area contributed by atoms with Gasteiger partial charge < -0.3 is 14.2 Å². The molecule has 6 heteroatoms. The van der Waals surface area contributed by atoms with Crippen molar-refractivity contribution in [1.29, 1.82) is 0 Å². The molecule has 0 aliphatic rings. The summed E-state index contributed by atoms with van der Waals surface area (Å²) in [5, 5.41) is 0. The Morgan fingerprint density at radius 1 is 0.288 bits per heavy atom. The van der Waals surface area contributed by atoms with E-state index >= 15 is 0 Å². The SMILES string of the molecule is CC/C=C\C/C=C\C/C=C\C/C=C\C/C=C\CCCCCC(=O)OC[C@H](COC(=O)CCCCCCCCCCC/C=C\C/C=C\CCCCC)OC(=O)CCCCCCCCCCCCCCCCCCC. The van der Waals surface area contributed by atoms with E-state index in [1.165, 1.54) is 161 Å². The van der Waals surface area contributed by atoms with Gasteiger partial charge in [-0.15, -0.1) is 0 Å². The van der Waals surface area contributed by atoms with Gasteiger partial charge in [0.15, 0.2) is 6.10 Å². The molecule has 0 unspecified atom stereocenters. The van der Waals surface area contributed by atoms with Crippen LogP contribution in [0.5, 0.6) is 0 Å². The van der Waals surface area contributed by atoms with Crippen LogP contribution in [0.4, 0.5) is 0 Å². The Labute approximate surface area is 452 Å². The Kier molecular flexibility index (Phi) is 58.3. The Bertz CT molecular complexity index is 1400. The minimum atomic E-state index is -0.792. The van der Waals surface area contributed by atoms with Gasteiger partial charge in [-0.25, -0.2) is 0 Å². The second-order valence-electron chi connectivity index (χ2n) is 20.6.